The fraction of sp³-hybridized carbons (Fsp3) is 0.647. The summed E-state index contributed by atoms with van der Waals surface area (Å²) in [5.41, 5.74) is 0.932. The third-order valence-electron chi connectivity index (χ3n) is 4.06. The number of benzene rings is 1. The van der Waals surface area contributed by atoms with E-state index in [2.05, 4.69) is 12.2 Å². The van der Waals surface area contributed by atoms with Crippen molar-refractivity contribution in [2.45, 2.75) is 45.1 Å². The molecule has 2 rings (SSSR count). The monoisotopic (exact) mass is 279 g/mol. The van der Waals surface area contributed by atoms with E-state index in [0.717, 1.165) is 25.3 Å². The quantitative estimate of drug-likeness (QED) is 0.812. The minimum absolute atomic E-state index is 0.0485. The predicted molar refractivity (Wildman–Crippen MR) is 80.2 cm³/mol. The summed E-state index contributed by atoms with van der Waals surface area (Å²) >= 11 is 0. The van der Waals surface area contributed by atoms with Crippen LogP contribution >= 0.6 is 0 Å². The van der Waals surface area contributed by atoms with Crippen molar-refractivity contribution >= 4 is 0 Å². The van der Waals surface area contributed by atoms with Gasteiger partial charge in [0.1, 0.15) is 5.82 Å². The highest BCUT2D eigenvalue weighted by molar-refractivity contribution is 5.19. The maximum Gasteiger partial charge on any atom is 0.123 e. The predicted octanol–water partition coefficient (Wildman–Crippen LogP) is 4.07. The fourth-order valence-corrected chi connectivity index (χ4v) is 2.86. The third-order valence-corrected chi connectivity index (χ3v) is 4.06. The van der Waals surface area contributed by atoms with Gasteiger partial charge in [0.05, 0.1) is 12.7 Å². The van der Waals surface area contributed by atoms with Gasteiger partial charge in [0.15, 0.2) is 0 Å². The Morgan fingerprint density at radius 1 is 1.30 bits per heavy atom. The highest BCUT2D eigenvalue weighted by Gasteiger charge is 2.18. The van der Waals surface area contributed by atoms with Crippen molar-refractivity contribution in [3.05, 3.63) is 35.6 Å². The topological polar surface area (TPSA) is 21.3 Å². The Morgan fingerprint density at radius 2 is 2.10 bits per heavy atom. The van der Waals surface area contributed by atoms with Crippen molar-refractivity contribution in [2.75, 3.05) is 19.7 Å². The molecule has 0 bridgehead atoms. The van der Waals surface area contributed by atoms with Crippen molar-refractivity contribution in [2.24, 2.45) is 5.92 Å². The molecule has 1 aromatic carbocycles. The van der Waals surface area contributed by atoms with Crippen LogP contribution < -0.4 is 5.32 Å². The van der Waals surface area contributed by atoms with Crippen molar-refractivity contribution in [3.8, 4) is 0 Å². The number of rotatable bonds is 7. The van der Waals surface area contributed by atoms with Crippen LogP contribution in [-0.4, -0.2) is 19.7 Å². The van der Waals surface area contributed by atoms with Crippen LogP contribution in [0.3, 0.4) is 0 Å². The van der Waals surface area contributed by atoms with Crippen molar-refractivity contribution in [1.29, 1.82) is 0 Å². The van der Waals surface area contributed by atoms with Gasteiger partial charge in [-0.1, -0.05) is 38.3 Å². The lowest BCUT2D eigenvalue weighted by atomic mass is 9.90. The molecule has 1 saturated carbocycles. The zero-order valence-corrected chi connectivity index (χ0v) is 12.4. The Labute approximate surface area is 121 Å². The Kier molecular flexibility index (Phi) is 6.48. The molecule has 1 aliphatic rings. The lowest BCUT2D eigenvalue weighted by Crippen LogP contribution is -2.25. The molecule has 112 valence electrons. The van der Waals surface area contributed by atoms with Crippen LogP contribution in [0, 0.1) is 11.7 Å². The molecule has 0 saturated heterocycles. The molecule has 0 heterocycles. The van der Waals surface area contributed by atoms with Gasteiger partial charge in [0, 0.05) is 6.54 Å². The van der Waals surface area contributed by atoms with Crippen LogP contribution in [0.5, 0.6) is 0 Å². The lowest BCUT2D eigenvalue weighted by Gasteiger charge is -2.25. The minimum atomic E-state index is -0.190. The zero-order valence-electron chi connectivity index (χ0n) is 12.4. The van der Waals surface area contributed by atoms with Crippen molar-refractivity contribution in [3.63, 3.8) is 0 Å². The van der Waals surface area contributed by atoms with Crippen LogP contribution in [0.2, 0.25) is 0 Å². The first-order valence-corrected chi connectivity index (χ1v) is 7.87. The molecule has 1 unspecified atom stereocenters. The van der Waals surface area contributed by atoms with Gasteiger partial charge in [0.25, 0.3) is 0 Å². The number of hydrogen-bond donors (Lipinski definition) is 1. The first-order chi connectivity index (χ1) is 9.79. The first kappa shape index (κ1) is 15.5. The molecular formula is C17H26FNO. The van der Waals surface area contributed by atoms with Crippen molar-refractivity contribution < 1.29 is 9.13 Å². The molecule has 0 aromatic heterocycles. The second-order valence-corrected chi connectivity index (χ2v) is 5.69. The van der Waals surface area contributed by atoms with Gasteiger partial charge in [-0.05, 0) is 43.0 Å². The first-order valence-electron chi connectivity index (χ1n) is 7.87. The van der Waals surface area contributed by atoms with E-state index in [0.29, 0.717) is 5.92 Å². The summed E-state index contributed by atoms with van der Waals surface area (Å²) in [6.07, 6.45) is 6.51. The van der Waals surface area contributed by atoms with E-state index in [1.165, 1.54) is 38.2 Å². The molecule has 1 N–H and O–H groups in total. The molecule has 1 aromatic rings. The molecule has 3 heteroatoms. The van der Waals surface area contributed by atoms with E-state index in [1.54, 1.807) is 12.1 Å². The number of halogens is 1. The second-order valence-electron chi connectivity index (χ2n) is 5.69. The Bertz CT molecular complexity index is 390. The molecule has 0 radical (unpaired) electrons. The SMILES string of the molecule is CCNCC(OCC1CCCCC1)c1cccc(F)c1. The fourth-order valence-electron chi connectivity index (χ4n) is 2.86. The number of hydrogen-bond acceptors (Lipinski definition) is 2. The molecule has 20 heavy (non-hydrogen) atoms. The summed E-state index contributed by atoms with van der Waals surface area (Å²) in [6, 6.07) is 6.78. The average molecular weight is 279 g/mol. The summed E-state index contributed by atoms with van der Waals surface area (Å²) in [6.45, 7) is 4.52. The largest absolute Gasteiger partial charge is 0.372 e. The molecule has 1 aliphatic carbocycles. The van der Waals surface area contributed by atoms with Gasteiger partial charge in [-0.25, -0.2) is 4.39 Å². The maximum atomic E-state index is 13.4. The van der Waals surface area contributed by atoms with Gasteiger partial charge in [0.2, 0.25) is 0 Å². The Hall–Kier alpha value is -0.930. The van der Waals surface area contributed by atoms with E-state index in [1.807, 2.05) is 6.07 Å². The van der Waals surface area contributed by atoms with Gasteiger partial charge >= 0.3 is 0 Å². The standard InChI is InChI=1S/C17H26FNO/c1-2-19-12-17(15-9-6-10-16(18)11-15)20-13-14-7-4-3-5-8-14/h6,9-11,14,17,19H,2-5,7-8,12-13H2,1H3. The van der Waals surface area contributed by atoms with Crippen LogP contribution in [0.4, 0.5) is 4.39 Å². The molecule has 2 nitrogen and oxygen atoms in total. The molecule has 1 fully saturated rings. The van der Waals surface area contributed by atoms with Crippen molar-refractivity contribution in [1.82, 2.24) is 5.32 Å². The summed E-state index contributed by atoms with van der Waals surface area (Å²) < 4.78 is 19.5. The number of likely N-dealkylation sites (N-methyl/N-ethyl adjacent to an activating group) is 1. The van der Waals surface area contributed by atoms with Crippen LogP contribution in [0.25, 0.3) is 0 Å². The van der Waals surface area contributed by atoms with E-state index in [4.69, 9.17) is 4.74 Å². The van der Waals surface area contributed by atoms with Gasteiger partial charge in [-0.3, -0.25) is 0 Å². The summed E-state index contributed by atoms with van der Waals surface area (Å²) in [7, 11) is 0. The van der Waals surface area contributed by atoms with E-state index >= 15 is 0 Å². The van der Waals surface area contributed by atoms with Crippen LogP contribution in [0.1, 0.15) is 50.7 Å². The zero-order chi connectivity index (χ0) is 14.2. The summed E-state index contributed by atoms with van der Waals surface area (Å²) in [5.74, 6) is 0.492. The number of ether oxygens (including phenoxy) is 1. The molecule has 0 aliphatic heterocycles. The maximum absolute atomic E-state index is 13.4. The second kappa shape index (κ2) is 8.38. The van der Waals surface area contributed by atoms with E-state index < -0.39 is 0 Å². The Morgan fingerprint density at radius 3 is 2.80 bits per heavy atom. The third kappa shape index (κ3) is 4.88. The molecule has 0 amide bonds. The van der Waals surface area contributed by atoms with Crippen LogP contribution in [-0.2, 0) is 4.74 Å². The normalized spacial score (nSPS) is 18.1. The minimum Gasteiger partial charge on any atom is -0.372 e. The van der Waals surface area contributed by atoms with Gasteiger partial charge in [-0.15, -0.1) is 0 Å². The smallest absolute Gasteiger partial charge is 0.123 e. The van der Waals surface area contributed by atoms with Crippen LogP contribution in [0.15, 0.2) is 24.3 Å². The lowest BCUT2D eigenvalue weighted by molar-refractivity contribution is 0.0201. The average Bonchev–Trinajstić information content (AvgIpc) is 2.48. The highest BCUT2D eigenvalue weighted by Crippen LogP contribution is 2.26. The van der Waals surface area contributed by atoms with E-state index in [-0.39, 0.29) is 11.9 Å². The van der Waals surface area contributed by atoms with Gasteiger partial charge < -0.3 is 10.1 Å². The van der Waals surface area contributed by atoms with Gasteiger partial charge in [-0.2, -0.15) is 0 Å². The highest BCUT2D eigenvalue weighted by atomic mass is 19.1. The molecule has 0 spiro atoms. The van der Waals surface area contributed by atoms with E-state index in [9.17, 15) is 4.39 Å². The molecular weight excluding hydrogens is 253 g/mol. The Balaban J connectivity index is 1.92. The molecule has 1 atom stereocenters. The summed E-state index contributed by atoms with van der Waals surface area (Å²) in [5, 5.41) is 3.31. The summed E-state index contributed by atoms with van der Waals surface area (Å²) in [4.78, 5) is 0. The number of nitrogens with one attached hydrogen (secondary N) is 1.